The first kappa shape index (κ1) is 73.0. The molecule has 6 aromatic rings. The Balaban J connectivity index is 0.000000281. The molecule has 31 heteroatoms. The van der Waals surface area contributed by atoms with Gasteiger partial charge in [0.05, 0.1) is 0 Å². The molecular formula is C56H80N6O19Si6. The fourth-order valence-electron chi connectivity index (χ4n) is 8.51. The molecule has 87 heavy (non-hydrogen) atoms. The Bertz CT molecular complexity index is 2990. The minimum absolute atomic E-state index is 0.161. The van der Waals surface area contributed by atoms with E-state index in [2.05, 4.69) is 10.6 Å². The Morgan fingerprint density at radius 3 is 0.885 bits per heavy atom. The summed E-state index contributed by atoms with van der Waals surface area (Å²) in [5, 5.41) is 23.7. The summed E-state index contributed by atoms with van der Waals surface area (Å²) in [6.45, 7) is 3.45. The van der Waals surface area contributed by atoms with Crippen molar-refractivity contribution in [3.63, 3.8) is 0 Å². The summed E-state index contributed by atoms with van der Waals surface area (Å²) < 4.78 is 98.6. The Kier molecular flexibility index (Phi) is 29.3. The van der Waals surface area contributed by atoms with Crippen LogP contribution in [0.5, 0.6) is 0 Å². The summed E-state index contributed by atoms with van der Waals surface area (Å²) in [5.74, 6) is -0.351. The van der Waals surface area contributed by atoms with Crippen LogP contribution >= 0.6 is 0 Å². The third kappa shape index (κ3) is 18.8. The zero-order chi connectivity index (χ0) is 64.3. The number of carbonyl (C=O) groups is 2. The van der Waals surface area contributed by atoms with E-state index in [9.17, 15) is 9.59 Å². The van der Waals surface area contributed by atoms with Gasteiger partial charge in [-0.3, -0.25) is 20.4 Å². The largest absolute Gasteiger partial charge is 0.529 e. The van der Waals surface area contributed by atoms with Crippen LogP contribution < -0.4 is 53.2 Å². The molecule has 6 rings (SSSR count). The Hall–Kier alpha value is -6.50. The number of nitrogen functional groups attached to an aromatic ring is 2. The van der Waals surface area contributed by atoms with Crippen molar-refractivity contribution >= 4 is 131 Å². The number of benzene rings is 6. The summed E-state index contributed by atoms with van der Waals surface area (Å²) in [5.41, 5.74) is 15.8. The van der Waals surface area contributed by atoms with Crippen LogP contribution in [-0.2, 0) is 97.7 Å². The van der Waals surface area contributed by atoms with Gasteiger partial charge in [-0.25, -0.2) is 0 Å². The van der Waals surface area contributed by atoms with Crippen LogP contribution in [0.1, 0.15) is 25.0 Å². The fourth-order valence-corrected chi connectivity index (χ4v) is 26.9. The number of rotatable bonds is 32. The van der Waals surface area contributed by atoms with Gasteiger partial charge < -0.3 is 97.0 Å². The molecule has 0 aliphatic rings. The number of amides is 2. The molecule has 0 saturated carbocycles. The van der Waals surface area contributed by atoms with E-state index < -0.39 is 52.8 Å². The molecule has 0 aromatic heterocycles. The highest BCUT2D eigenvalue weighted by atomic mass is 28.5. The lowest BCUT2D eigenvalue weighted by molar-refractivity contribution is -0.115. The molecule has 6 aromatic carbocycles. The normalized spacial score (nSPS) is 11.9. The van der Waals surface area contributed by atoms with Crippen molar-refractivity contribution in [1.29, 1.82) is 10.8 Å². The van der Waals surface area contributed by atoms with E-state index in [1.807, 2.05) is 78.9 Å². The molecule has 25 nitrogen and oxygen atoms in total. The van der Waals surface area contributed by atoms with E-state index in [1.165, 1.54) is 70.7 Å². The molecule has 0 saturated heterocycles. The molecule has 472 valence electrons. The lowest BCUT2D eigenvalue weighted by Crippen LogP contribution is -2.68. The molecule has 0 radical (unpaired) electrons. The summed E-state index contributed by atoms with van der Waals surface area (Å²) in [6, 6.07) is 43.3. The standard InChI is InChI=1S/2C20H28N2O7Si2.C16H24N2O5Si2/c1-16(23)22-18-8-12-20(13-9-18)31(26-4,27-5)29-30(24-2,25-3)19-10-6-17(7-11-19)14-28-15-21;1-16(23)22-18-7-6-8-20(13-18)31(26-4,27-5)29-30(24-2,25-3)19-11-9-17(10-12-19)14-28-15-21;1-19-24(20-2,15-9-5-13(17)6-10-15)23-25(21-3,22-4)16-11-7-14(18)8-12-16/h2*6-13,15,21H,14H2,1-5H3,(H,22,23);5-12H,17-18H2,1-4H3. The van der Waals surface area contributed by atoms with E-state index in [4.69, 9.17) is 97.2 Å². The minimum Gasteiger partial charge on any atom is -0.479 e. The van der Waals surface area contributed by atoms with Gasteiger partial charge in [0, 0.05) is 153 Å². The number of nitrogens with one attached hydrogen (secondary N) is 4. The van der Waals surface area contributed by atoms with E-state index in [0.29, 0.717) is 38.3 Å². The van der Waals surface area contributed by atoms with Crippen LogP contribution in [0.3, 0.4) is 0 Å². The van der Waals surface area contributed by atoms with Gasteiger partial charge >= 0.3 is 52.8 Å². The van der Waals surface area contributed by atoms with Gasteiger partial charge in [-0.2, -0.15) is 0 Å². The van der Waals surface area contributed by atoms with Gasteiger partial charge in [-0.05, 0) is 59.7 Å². The van der Waals surface area contributed by atoms with Crippen LogP contribution in [0.4, 0.5) is 22.7 Å². The van der Waals surface area contributed by atoms with Crippen molar-refractivity contribution < 1.29 is 84.5 Å². The summed E-state index contributed by atoms with van der Waals surface area (Å²) in [7, 11) is -2.10. The van der Waals surface area contributed by atoms with Crippen LogP contribution in [0.2, 0.25) is 0 Å². The summed E-state index contributed by atoms with van der Waals surface area (Å²) >= 11 is 0. The average Bonchev–Trinajstić information content (AvgIpc) is 1.71. The minimum atomic E-state index is -3.49. The first-order valence-corrected chi connectivity index (χ1v) is 36.7. The van der Waals surface area contributed by atoms with Crippen molar-refractivity contribution in [3.05, 3.63) is 157 Å². The van der Waals surface area contributed by atoms with Crippen molar-refractivity contribution in [2.24, 2.45) is 0 Å². The van der Waals surface area contributed by atoms with Crippen molar-refractivity contribution in [3.8, 4) is 0 Å². The third-order valence-corrected chi connectivity index (χ3v) is 32.1. The van der Waals surface area contributed by atoms with E-state index in [-0.39, 0.29) is 25.0 Å². The molecule has 0 heterocycles. The van der Waals surface area contributed by atoms with Crippen molar-refractivity contribution in [2.75, 3.05) is 107 Å². The quantitative estimate of drug-likeness (QED) is 0.0153. The van der Waals surface area contributed by atoms with Crippen LogP contribution in [0.15, 0.2) is 146 Å². The maximum Gasteiger partial charge on any atom is 0.529 e. The Morgan fingerprint density at radius 1 is 0.368 bits per heavy atom. The van der Waals surface area contributed by atoms with Crippen LogP contribution in [0.25, 0.3) is 0 Å². The highest BCUT2D eigenvalue weighted by Gasteiger charge is 2.57. The topological polar surface area (TPSA) is 315 Å². The monoisotopic (exact) mass is 1310 g/mol. The molecule has 0 bridgehead atoms. The molecule has 0 aliphatic heterocycles. The zero-order valence-electron chi connectivity index (χ0n) is 51.3. The van der Waals surface area contributed by atoms with Crippen molar-refractivity contribution in [2.45, 2.75) is 27.1 Å². The van der Waals surface area contributed by atoms with Crippen LogP contribution in [-0.4, -0.2) is 163 Å². The number of ether oxygens (including phenoxy) is 2. The van der Waals surface area contributed by atoms with Crippen molar-refractivity contribution in [1.82, 2.24) is 0 Å². The second-order valence-corrected chi connectivity index (χ2v) is 35.6. The maximum absolute atomic E-state index is 11.5. The predicted molar refractivity (Wildman–Crippen MR) is 343 cm³/mol. The van der Waals surface area contributed by atoms with Gasteiger partial charge in [0.2, 0.25) is 11.8 Å². The number of carbonyl (C=O) groups excluding carboxylic acids is 2. The number of anilines is 4. The average molecular weight is 1310 g/mol. The number of nitrogens with two attached hydrogens (primary N) is 2. The lowest BCUT2D eigenvalue weighted by atomic mass is 10.2. The fraction of sp³-hybridized carbons (Fsp3) is 0.286. The molecule has 0 spiro atoms. The number of hydrogen-bond donors (Lipinski definition) is 6. The van der Waals surface area contributed by atoms with Crippen LogP contribution in [0, 0.1) is 10.8 Å². The zero-order valence-corrected chi connectivity index (χ0v) is 57.3. The second kappa shape index (κ2) is 34.9. The molecule has 0 unspecified atom stereocenters. The van der Waals surface area contributed by atoms with E-state index in [0.717, 1.165) is 39.5 Å². The predicted octanol–water partition coefficient (Wildman–Crippen LogP) is 3.17. The summed E-state index contributed by atoms with van der Waals surface area (Å²) in [4.78, 5) is 22.8. The maximum atomic E-state index is 11.5. The molecular weight excluding hydrogens is 1230 g/mol. The Morgan fingerprint density at radius 2 is 0.621 bits per heavy atom. The molecule has 0 atom stereocenters. The van der Waals surface area contributed by atoms with Gasteiger partial charge in [-0.1, -0.05) is 97.1 Å². The van der Waals surface area contributed by atoms with E-state index in [1.54, 1.807) is 95.2 Å². The molecule has 8 N–H and O–H groups in total. The number of hydrogen-bond acceptors (Lipinski definition) is 23. The lowest BCUT2D eigenvalue weighted by Gasteiger charge is -2.36. The SMILES string of the molecule is CO[Si](OC)(O[Si](OC)(OC)c1ccc(N)cc1)c1ccc(N)cc1.CO[Si](OC)(O[Si](OC)(OC)c1ccc(NC(C)=O)cc1)c1ccc(COC=N)cc1.CO[Si](OC)(O[Si](OC)(OC)c1cccc(NC(C)=O)c1)c1ccc(COC=N)cc1. The van der Waals surface area contributed by atoms with E-state index >= 15 is 0 Å². The van der Waals surface area contributed by atoms with Gasteiger partial charge in [0.25, 0.3) is 0 Å². The third-order valence-electron chi connectivity index (χ3n) is 12.9. The van der Waals surface area contributed by atoms with Gasteiger partial charge in [0.15, 0.2) is 12.8 Å². The first-order chi connectivity index (χ1) is 41.7. The highest BCUT2D eigenvalue weighted by Crippen LogP contribution is 2.24. The smallest absolute Gasteiger partial charge is 0.479 e. The van der Waals surface area contributed by atoms with Gasteiger partial charge in [0.1, 0.15) is 13.2 Å². The van der Waals surface area contributed by atoms with Gasteiger partial charge in [-0.15, -0.1) is 0 Å². The Labute approximate surface area is 515 Å². The summed E-state index contributed by atoms with van der Waals surface area (Å²) in [6.07, 6.45) is 1.79. The molecule has 0 fully saturated rings. The first-order valence-electron chi connectivity index (χ1n) is 26.3. The molecule has 0 aliphatic carbocycles. The highest BCUT2D eigenvalue weighted by molar-refractivity contribution is 6.89. The second-order valence-electron chi connectivity index (χ2n) is 18.1. The molecule has 2 amide bonds.